The van der Waals surface area contributed by atoms with Crippen LogP contribution in [-0.2, 0) is 17.6 Å². The average Bonchev–Trinajstić information content (AvgIpc) is 3.15. The molecule has 27 heavy (non-hydrogen) atoms. The number of amides is 1. The van der Waals surface area contributed by atoms with Gasteiger partial charge in [-0.3, -0.25) is 4.79 Å². The van der Waals surface area contributed by atoms with Crippen molar-refractivity contribution in [1.82, 2.24) is 10.2 Å². The Morgan fingerprint density at radius 3 is 2.44 bits per heavy atom. The molecule has 7 heteroatoms. The molecule has 0 aliphatic heterocycles. The van der Waals surface area contributed by atoms with Crippen molar-refractivity contribution in [3.05, 3.63) is 65.5 Å². The Hall–Kier alpha value is -2.80. The van der Waals surface area contributed by atoms with Crippen molar-refractivity contribution in [3.63, 3.8) is 0 Å². The number of benzene rings is 2. The molecule has 0 aliphatic rings. The van der Waals surface area contributed by atoms with E-state index in [0.29, 0.717) is 17.5 Å². The third-order valence-corrected chi connectivity index (χ3v) is 4.75. The van der Waals surface area contributed by atoms with Crippen LogP contribution in [0, 0.1) is 0 Å². The standard InChI is InChI=1S/C20H21N3O3S/c1-3-14-4-8-16(9-5-14)21-18(24)13-27-20-23-22-19(26-20)12-15-6-10-17(25-2)11-7-15/h4-11H,3,12-13H2,1-2H3,(H,21,24). The molecule has 0 spiro atoms. The molecule has 140 valence electrons. The van der Waals surface area contributed by atoms with Crippen LogP contribution in [0.2, 0.25) is 0 Å². The van der Waals surface area contributed by atoms with Crippen LogP contribution < -0.4 is 10.1 Å². The van der Waals surface area contributed by atoms with Gasteiger partial charge in [0.1, 0.15) is 5.75 Å². The summed E-state index contributed by atoms with van der Waals surface area (Å²) in [7, 11) is 1.63. The number of ether oxygens (including phenoxy) is 1. The first-order chi connectivity index (χ1) is 13.2. The van der Waals surface area contributed by atoms with Gasteiger partial charge in [0.2, 0.25) is 11.8 Å². The van der Waals surface area contributed by atoms with E-state index in [1.54, 1.807) is 7.11 Å². The van der Waals surface area contributed by atoms with Gasteiger partial charge >= 0.3 is 0 Å². The summed E-state index contributed by atoms with van der Waals surface area (Å²) >= 11 is 1.22. The van der Waals surface area contributed by atoms with E-state index in [-0.39, 0.29) is 11.7 Å². The number of carbonyl (C=O) groups excluding carboxylic acids is 1. The fraction of sp³-hybridized carbons (Fsp3) is 0.250. The van der Waals surface area contributed by atoms with Gasteiger partial charge in [0.05, 0.1) is 19.3 Å². The van der Waals surface area contributed by atoms with E-state index in [1.807, 2.05) is 48.5 Å². The Morgan fingerprint density at radius 1 is 1.07 bits per heavy atom. The lowest BCUT2D eigenvalue weighted by Gasteiger charge is -2.04. The van der Waals surface area contributed by atoms with Crippen LogP contribution in [0.5, 0.6) is 5.75 Å². The number of methoxy groups -OCH3 is 1. The summed E-state index contributed by atoms with van der Waals surface area (Å²) < 4.78 is 10.7. The Labute approximate surface area is 162 Å². The smallest absolute Gasteiger partial charge is 0.277 e. The summed E-state index contributed by atoms with van der Waals surface area (Å²) in [6.45, 7) is 2.09. The molecule has 0 bridgehead atoms. The van der Waals surface area contributed by atoms with Crippen molar-refractivity contribution < 1.29 is 13.9 Å². The summed E-state index contributed by atoms with van der Waals surface area (Å²) in [5.41, 5.74) is 3.06. The number of thioether (sulfide) groups is 1. The van der Waals surface area contributed by atoms with Gasteiger partial charge < -0.3 is 14.5 Å². The number of hydrogen-bond acceptors (Lipinski definition) is 6. The molecule has 0 fully saturated rings. The van der Waals surface area contributed by atoms with Gasteiger partial charge in [-0.15, -0.1) is 10.2 Å². The molecule has 3 aromatic rings. The lowest BCUT2D eigenvalue weighted by molar-refractivity contribution is -0.113. The maximum Gasteiger partial charge on any atom is 0.277 e. The fourth-order valence-electron chi connectivity index (χ4n) is 2.43. The van der Waals surface area contributed by atoms with Crippen LogP contribution in [0.15, 0.2) is 58.2 Å². The zero-order valence-corrected chi connectivity index (χ0v) is 16.1. The second-order valence-corrected chi connectivity index (χ2v) is 6.80. The highest BCUT2D eigenvalue weighted by Crippen LogP contribution is 2.19. The number of anilines is 1. The van der Waals surface area contributed by atoms with E-state index in [4.69, 9.17) is 9.15 Å². The molecule has 0 unspecified atom stereocenters. The zero-order chi connectivity index (χ0) is 19.1. The molecule has 1 aromatic heterocycles. The largest absolute Gasteiger partial charge is 0.497 e. The first-order valence-electron chi connectivity index (χ1n) is 8.63. The predicted molar refractivity (Wildman–Crippen MR) is 105 cm³/mol. The van der Waals surface area contributed by atoms with Crippen molar-refractivity contribution in [2.45, 2.75) is 25.0 Å². The van der Waals surface area contributed by atoms with Crippen LogP contribution in [-0.4, -0.2) is 29.0 Å². The monoisotopic (exact) mass is 383 g/mol. The van der Waals surface area contributed by atoms with E-state index in [1.165, 1.54) is 17.3 Å². The lowest BCUT2D eigenvalue weighted by Crippen LogP contribution is -2.13. The van der Waals surface area contributed by atoms with Crippen LogP contribution in [0.3, 0.4) is 0 Å². The average molecular weight is 383 g/mol. The van der Waals surface area contributed by atoms with E-state index < -0.39 is 0 Å². The number of nitrogens with one attached hydrogen (secondary N) is 1. The minimum atomic E-state index is -0.112. The summed E-state index contributed by atoms with van der Waals surface area (Å²) in [5, 5.41) is 11.3. The Kier molecular flexibility index (Phi) is 6.49. The zero-order valence-electron chi connectivity index (χ0n) is 15.3. The molecule has 0 saturated carbocycles. The predicted octanol–water partition coefficient (Wildman–Crippen LogP) is 3.96. The van der Waals surface area contributed by atoms with Gasteiger partial charge in [-0.2, -0.15) is 0 Å². The second-order valence-electron chi connectivity index (χ2n) is 5.87. The van der Waals surface area contributed by atoms with Crippen LogP contribution in [0.1, 0.15) is 23.9 Å². The highest BCUT2D eigenvalue weighted by Gasteiger charge is 2.11. The number of aromatic nitrogens is 2. The van der Waals surface area contributed by atoms with Crippen molar-refractivity contribution in [2.75, 3.05) is 18.2 Å². The van der Waals surface area contributed by atoms with Crippen LogP contribution in [0.4, 0.5) is 5.69 Å². The second kappa shape index (κ2) is 9.23. The first kappa shape index (κ1) is 19.0. The van der Waals surface area contributed by atoms with Gasteiger partial charge in [0, 0.05) is 5.69 Å². The quantitative estimate of drug-likeness (QED) is 0.593. The number of rotatable bonds is 8. The minimum Gasteiger partial charge on any atom is -0.497 e. The van der Waals surface area contributed by atoms with Gasteiger partial charge in [-0.25, -0.2) is 0 Å². The maximum atomic E-state index is 12.1. The Bertz CT molecular complexity index is 876. The van der Waals surface area contributed by atoms with Gasteiger partial charge in [-0.05, 0) is 41.8 Å². The molecular weight excluding hydrogens is 362 g/mol. The van der Waals surface area contributed by atoms with Crippen LogP contribution in [0.25, 0.3) is 0 Å². The van der Waals surface area contributed by atoms with E-state index >= 15 is 0 Å². The van der Waals surface area contributed by atoms with E-state index in [9.17, 15) is 4.79 Å². The van der Waals surface area contributed by atoms with Gasteiger partial charge in [-0.1, -0.05) is 43.0 Å². The SMILES string of the molecule is CCc1ccc(NC(=O)CSc2nnc(Cc3ccc(OC)cc3)o2)cc1. The summed E-state index contributed by atoms with van der Waals surface area (Å²) in [5.74, 6) is 1.41. The third-order valence-electron chi connectivity index (χ3n) is 3.94. The molecule has 3 rings (SSSR count). The molecule has 1 amide bonds. The lowest BCUT2D eigenvalue weighted by atomic mass is 10.1. The van der Waals surface area contributed by atoms with E-state index in [0.717, 1.165) is 23.4 Å². The maximum absolute atomic E-state index is 12.1. The first-order valence-corrected chi connectivity index (χ1v) is 9.61. The summed E-state index contributed by atoms with van der Waals surface area (Å²) in [6.07, 6.45) is 1.51. The van der Waals surface area contributed by atoms with Crippen molar-refractivity contribution >= 4 is 23.4 Å². The summed E-state index contributed by atoms with van der Waals surface area (Å²) in [6, 6.07) is 15.5. The molecular formula is C20H21N3O3S. The van der Waals surface area contributed by atoms with Gasteiger partial charge in [0.15, 0.2) is 0 Å². The Balaban J connectivity index is 1.48. The normalized spacial score (nSPS) is 10.6. The molecule has 0 atom stereocenters. The fourth-order valence-corrected chi connectivity index (χ4v) is 3.01. The molecule has 0 aliphatic carbocycles. The van der Waals surface area contributed by atoms with Crippen molar-refractivity contribution in [2.24, 2.45) is 0 Å². The molecule has 6 nitrogen and oxygen atoms in total. The molecule has 2 aromatic carbocycles. The Morgan fingerprint density at radius 2 is 1.78 bits per heavy atom. The minimum absolute atomic E-state index is 0.112. The van der Waals surface area contributed by atoms with Crippen molar-refractivity contribution in [3.8, 4) is 5.75 Å². The molecule has 1 N–H and O–H groups in total. The third kappa shape index (κ3) is 5.59. The van der Waals surface area contributed by atoms with Crippen molar-refractivity contribution in [1.29, 1.82) is 0 Å². The number of nitrogens with zero attached hydrogens (tertiary/aromatic N) is 2. The number of aryl methyl sites for hydroxylation is 1. The summed E-state index contributed by atoms with van der Waals surface area (Å²) in [4.78, 5) is 12.1. The van der Waals surface area contributed by atoms with Crippen LogP contribution >= 0.6 is 11.8 Å². The van der Waals surface area contributed by atoms with Gasteiger partial charge in [0.25, 0.3) is 5.22 Å². The number of hydrogen-bond donors (Lipinski definition) is 1. The highest BCUT2D eigenvalue weighted by atomic mass is 32.2. The molecule has 0 saturated heterocycles. The topological polar surface area (TPSA) is 77.2 Å². The van der Waals surface area contributed by atoms with E-state index in [2.05, 4.69) is 22.4 Å². The number of carbonyl (C=O) groups is 1. The highest BCUT2D eigenvalue weighted by molar-refractivity contribution is 7.99. The molecule has 0 radical (unpaired) electrons. The molecule has 1 heterocycles.